The molecule has 0 spiro atoms. The van der Waals surface area contributed by atoms with Crippen molar-refractivity contribution >= 4 is 17.7 Å². The molecule has 0 aromatic carbocycles. The van der Waals surface area contributed by atoms with Crippen LogP contribution in [-0.4, -0.2) is 65.9 Å². The molecule has 7 heteroatoms. The number of fused-ring (bicyclic) bond motifs is 1. The zero-order valence-corrected chi connectivity index (χ0v) is 15.9. The number of nitrogens with two attached hydrogens (primary N) is 1. The number of anilines is 2. The molecular formula is C19H30N6O. The smallest absolute Gasteiger partial charge is 0.223 e. The van der Waals surface area contributed by atoms with Gasteiger partial charge in [-0.3, -0.25) is 4.79 Å². The van der Waals surface area contributed by atoms with Crippen LogP contribution < -0.4 is 11.1 Å². The zero-order chi connectivity index (χ0) is 18.5. The molecule has 2 aliphatic rings. The monoisotopic (exact) mass is 358 g/mol. The highest BCUT2D eigenvalue weighted by Crippen LogP contribution is 2.25. The Labute approximate surface area is 155 Å². The van der Waals surface area contributed by atoms with Crippen molar-refractivity contribution in [1.29, 1.82) is 0 Å². The van der Waals surface area contributed by atoms with E-state index in [1.807, 2.05) is 19.0 Å². The normalized spacial score (nSPS) is 19.5. The van der Waals surface area contributed by atoms with Crippen LogP contribution in [0.25, 0.3) is 0 Å². The van der Waals surface area contributed by atoms with Gasteiger partial charge in [0.15, 0.2) is 0 Å². The molecule has 1 aliphatic carbocycles. The molecule has 1 aromatic heterocycles. The second-order valence-electron chi connectivity index (χ2n) is 7.44. The van der Waals surface area contributed by atoms with Crippen molar-refractivity contribution in [2.24, 2.45) is 5.92 Å². The van der Waals surface area contributed by atoms with E-state index in [1.165, 1.54) is 0 Å². The number of rotatable bonds is 6. The number of nitrogens with one attached hydrogen (secondary N) is 1. The predicted octanol–water partition coefficient (Wildman–Crippen LogP) is 1.32. The van der Waals surface area contributed by atoms with Crippen LogP contribution in [0.1, 0.15) is 30.5 Å². The van der Waals surface area contributed by atoms with E-state index < -0.39 is 0 Å². The Morgan fingerprint density at radius 3 is 2.88 bits per heavy atom. The Balaban J connectivity index is 1.66. The molecule has 1 amide bonds. The van der Waals surface area contributed by atoms with Crippen molar-refractivity contribution in [1.82, 2.24) is 19.8 Å². The fourth-order valence-corrected chi connectivity index (χ4v) is 3.63. The minimum atomic E-state index is 0.248. The van der Waals surface area contributed by atoms with E-state index in [9.17, 15) is 4.79 Å². The average molecular weight is 358 g/mol. The predicted molar refractivity (Wildman–Crippen MR) is 104 cm³/mol. The number of likely N-dealkylation sites (N-methyl/N-ethyl adjacent to an activating group) is 1. The van der Waals surface area contributed by atoms with E-state index in [0.29, 0.717) is 24.8 Å². The Kier molecular flexibility index (Phi) is 6.08. The third kappa shape index (κ3) is 4.72. The molecular weight excluding hydrogens is 328 g/mol. The van der Waals surface area contributed by atoms with E-state index in [-0.39, 0.29) is 5.91 Å². The number of allylic oxidation sites excluding steroid dienone is 2. The van der Waals surface area contributed by atoms with E-state index >= 15 is 0 Å². The van der Waals surface area contributed by atoms with Gasteiger partial charge in [-0.15, -0.1) is 0 Å². The number of amides is 1. The van der Waals surface area contributed by atoms with Gasteiger partial charge in [-0.05, 0) is 39.3 Å². The van der Waals surface area contributed by atoms with Gasteiger partial charge in [0, 0.05) is 44.6 Å². The first-order chi connectivity index (χ1) is 12.5. The summed E-state index contributed by atoms with van der Waals surface area (Å²) in [6.07, 6.45) is 8.68. The summed E-state index contributed by atoms with van der Waals surface area (Å²) in [5, 5.41) is 3.39. The van der Waals surface area contributed by atoms with Crippen LogP contribution in [0.15, 0.2) is 12.2 Å². The first-order valence-electron chi connectivity index (χ1n) is 9.51. The van der Waals surface area contributed by atoms with Crippen molar-refractivity contribution < 1.29 is 4.79 Å². The number of nitrogen functional groups attached to an aromatic ring is 1. The summed E-state index contributed by atoms with van der Waals surface area (Å²) >= 11 is 0. The highest BCUT2D eigenvalue weighted by atomic mass is 16.2. The van der Waals surface area contributed by atoms with Crippen LogP contribution in [-0.2, 0) is 17.6 Å². The van der Waals surface area contributed by atoms with Gasteiger partial charge in [0.2, 0.25) is 11.9 Å². The van der Waals surface area contributed by atoms with Gasteiger partial charge in [0.1, 0.15) is 5.82 Å². The van der Waals surface area contributed by atoms with Crippen molar-refractivity contribution in [3.63, 3.8) is 0 Å². The highest BCUT2D eigenvalue weighted by Gasteiger charge is 2.24. The summed E-state index contributed by atoms with van der Waals surface area (Å²) in [5.74, 6) is 1.78. The third-order valence-electron chi connectivity index (χ3n) is 5.11. The maximum atomic E-state index is 12.7. The molecule has 1 aromatic rings. The van der Waals surface area contributed by atoms with Crippen LogP contribution in [0.3, 0.4) is 0 Å². The fourth-order valence-electron chi connectivity index (χ4n) is 3.63. The second kappa shape index (κ2) is 8.49. The highest BCUT2D eigenvalue weighted by molar-refractivity contribution is 5.77. The quantitative estimate of drug-likeness (QED) is 0.746. The summed E-state index contributed by atoms with van der Waals surface area (Å²) in [6.45, 7) is 3.14. The van der Waals surface area contributed by atoms with Gasteiger partial charge < -0.3 is 20.9 Å². The van der Waals surface area contributed by atoms with Gasteiger partial charge in [-0.1, -0.05) is 12.2 Å². The average Bonchev–Trinajstić information content (AvgIpc) is 2.99. The molecule has 7 nitrogen and oxygen atoms in total. The second-order valence-corrected chi connectivity index (χ2v) is 7.44. The largest absolute Gasteiger partial charge is 0.368 e. The number of aromatic nitrogens is 2. The number of hydrogen-bond donors (Lipinski definition) is 2. The lowest BCUT2D eigenvalue weighted by molar-refractivity contribution is -0.131. The van der Waals surface area contributed by atoms with Crippen LogP contribution in [0.5, 0.6) is 0 Å². The Morgan fingerprint density at radius 2 is 2.15 bits per heavy atom. The number of hydrogen-bond acceptors (Lipinski definition) is 6. The van der Waals surface area contributed by atoms with Crippen molar-refractivity contribution in [2.45, 2.75) is 32.1 Å². The van der Waals surface area contributed by atoms with Crippen molar-refractivity contribution in [3.8, 4) is 0 Å². The molecule has 1 aliphatic heterocycles. The summed E-state index contributed by atoms with van der Waals surface area (Å²) < 4.78 is 0. The number of carbonyl (C=O) groups is 1. The van der Waals surface area contributed by atoms with Gasteiger partial charge in [0.25, 0.3) is 0 Å². The maximum Gasteiger partial charge on any atom is 0.223 e. The summed E-state index contributed by atoms with van der Waals surface area (Å²) in [6, 6.07) is 0. The van der Waals surface area contributed by atoms with E-state index in [2.05, 4.69) is 32.3 Å². The molecule has 0 saturated heterocycles. The van der Waals surface area contributed by atoms with Crippen molar-refractivity contribution in [2.75, 3.05) is 51.3 Å². The molecule has 3 N–H and O–H groups in total. The van der Waals surface area contributed by atoms with Crippen LogP contribution in [0, 0.1) is 5.92 Å². The topological polar surface area (TPSA) is 87.4 Å². The molecule has 1 atom stereocenters. The molecule has 2 heterocycles. The maximum absolute atomic E-state index is 12.7. The minimum Gasteiger partial charge on any atom is -0.368 e. The lowest BCUT2D eigenvalue weighted by atomic mass is 10.0. The summed E-state index contributed by atoms with van der Waals surface area (Å²) in [5.41, 5.74) is 7.99. The molecule has 26 heavy (non-hydrogen) atoms. The molecule has 3 rings (SSSR count). The molecule has 0 radical (unpaired) electrons. The Bertz CT molecular complexity index is 672. The van der Waals surface area contributed by atoms with E-state index in [4.69, 9.17) is 5.73 Å². The van der Waals surface area contributed by atoms with E-state index in [1.54, 1.807) is 0 Å². The zero-order valence-electron chi connectivity index (χ0n) is 15.9. The lowest BCUT2D eigenvalue weighted by Crippen LogP contribution is -2.34. The lowest BCUT2D eigenvalue weighted by Gasteiger charge is -2.21. The van der Waals surface area contributed by atoms with Gasteiger partial charge in [-0.25, -0.2) is 4.98 Å². The van der Waals surface area contributed by atoms with E-state index in [0.717, 1.165) is 62.4 Å². The van der Waals surface area contributed by atoms with Gasteiger partial charge in [0.05, 0.1) is 5.69 Å². The molecule has 0 fully saturated rings. The Morgan fingerprint density at radius 1 is 1.35 bits per heavy atom. The fraction of sp³-hybridized carbons (Fsp3) is 0.632. The number of carbonyl (C=O) groups excluding carboxylic acids is 1. The molecule has 0 saturated carbocycles. The summed E-state index contributed by atoms with van der Waals surface area (Å²) in [7, 11) is 4.08. The third-order valence-corrected chi connectivity index (χ3v) is 5.11. The summed E-state index contributed by atoms with van der Waals surface area (Å²) in [4.78, 5) is 25.6. The standard InChI is InChI=1S/C19H30N6O/c1-24(2)12-9-21-18-15-7-10-25(11-8-16(15)22-19(20)23-18)17(26)13-14-5-3-4-6-14/h3,5,14H,4,6-13H2,1-2H3,(H3,20,21,22,23)/t14-/m0/s1. The first-order valence-corrected chi connectivity index (χ1v) is 9.51. The molecule has 0 bridgehead atoms. The van der Waals surface area contributed by atoms with Crippen molar-refractivity contribution in [3.05, 3.63) is 23.4 Å². The minimum absolute atomic E-state index is 0.248. The molecule has 142 valence electrons. The first kappa shape index (κ1) is 18.6. The van der Waals surface area contributed by atoms with Gasteiger partial charge in [-0.2, -0.15) is 4.98 Å². The number of nitrogens with zero attached hydrogens (tertiary/aromatic N) is 4. The van der Waals surface area contributed by atoms with Gasteiger partial charge >= 0.3 is 0 Å². The van der Waals surface area contributed by atoms with Crippen LogP contribution in [0.4, 0.5) is 11.8 Å². The SMILES string of the molecule is CN(C)CCNc1nc(N)nc2c1CCN(C(=O)C[C@H]1C=CCC1)CC2. The van der Waals surface area contributed by atoms with Crippen LogP contribution in [0.2, 0.25) is 0 Å². The molecule has 0 unspecified atom stereocenters. The Hall–Kier alpha value is -2.15. The van der Waals surface area contributed by atoms with Crippen LogP contribution >= 0.6 is 0 Å².